The van der Waals surface area contributed by atoms with Crippen LogP contribution in [-0.4, -0.2) is 81.4 Å². The lowest BCUT2D eigenvalue weighted by Gasteiger charge is -2.49. The summed E-state index contributed by atoms with van der Waals surface area (Å²) >= 11 is 0. The smallest absolute Gasteiger partial charge is 0.399 e. The first-order chi connectivity index (χ1) is 13.6. The summed E-state index contributed by atoms with van der Waals surface area (Å²) < 4.78 is 58.0. The van der Waals surface area contributed by atoms with Crippen molar-refractivity contribution in [3.05, 3.63) is 0 Å². The highest BCUT2D eigenvalue weighted by atomic mass is 28.6. The lowest BCUT2D eigenvalue weighted by Crippen LogP contribution is -2.78. The lowest BCUT2D eigenvalue weighted by atomic mass is 11.9. The van der Waals surface area contributed by atoms with Crippen LogP contribution in [0.2, 0.25) is 78.6 Å². The fourth-order valence-electron chi connectivity index (χ4n) is 2.63. The molecule has 0 N–H and O–H groups in total. The Hall–Kier alpha value is 1.59. The van der Waals surface area contributed by atoms with E-state index < -0.39 is 81.4 Å². The number of hydrogen-bond acceptors (Lipinski definition) is 9. The molecule has 180 valence electrons. The molecule has 0 atom stereocenters. The minimum atomic E-state index is -3.64. The highest BCUT2D eigenvalue weighted by molar-refractivity contribution is 6.92. The van der Waals surface area contributed by atoms with E-state index in [1.807, 2.05) is 0 Å². The molecule has 1 fully saturated rings. The third-order valence-corrected chi connectivity index (χ3v) is 27.3. The fraction of sp³-hybridized carbons (Fsp3) is 1.00. The monoisotopic (exact) mass is 582 g/mol. The van der Waals surface area contributed by atoms with Gasteiger partial charge in [-0.25, -0.2) is 0 Å². The summed E-state index contributed by atoms with van der Waals surface area (Å²) in [6.07, 6.45) is 0. The Morgan fingerprint density at radius 2 is 0.467 bits per heavy atom. The summed E-state index contributed by atoms with van der Waals surface area (Å²) in [7, 11) is -20.6. The van der Waals surface area contributed by atoms with Gasteiger partial charge in [0.05, 0.1) is 0 Å². The Bertz CT molecular complexity index is 410. The van der Waals surface area contributed by atoms with Gasteiger partial charge in [0.1, 0.15) is 0 Å². The van der Waals surface area contributed by atoms with E-state index in [4.69, 9.17) is 37.0 Å². The lowest BCUT2D eigenvalue weighted by molar-refractivity contribution is -0.0232. The molecule has 0 unspecified atom stereocenters. The Morgan fingerprint density at radius 1 is 0.333 bits per heavy atom. The van der Waals surface area contributed by atoms with Crippen molar-refractivity contribution in [1.82, 2.24) is 0 Å². The second-order valence-corrected chi connectivity index (χ2v) is 32.5. The van der Waals surface area contributed by atoms with E-state index >= 15 is 0 Å². The van der Waals surface area contributed by atoms with Gasteiger partial charge >= 0.3 is 27.1 Å². The topological polar surface area (TPSA) is 83.1 Å². The quantitative estimate of drug-likeness (QED) is 0.317. The van der Waals surface area contributed by atoms with Crippen molar-refractivity contribution in [2.24, 2.45) is 0 Å². The van der Waals surface area contributed by atoms with Crippen LogP contribution in [0.5, 0.6) is 0 Å². The van der Waals surface area contributed by atoms with Crippen molar-refractivity contribution < 1.29 is 37.0 Å². The minimum Gasteiger partial charge on any atom is -0.399 e. The van der Waals surface area contributed by atoms with E-state index in [0.717, 1.165) is 0 Å². The van der Waals surface area contributed by atoms with Crippen LogP contribution in [0.25, 0.3) is 0 Å². The van der Waals surface area contributed by atoms with Gasteiger partial charge in [0, 0.05) is 0 Å². The average Bonchev–Trinajstić information content (AvgIpc) is 2.39. The molecule has 0 aromatic carbocycles. The molecule has 18 heteroatoms. The molecule has 0 radical (unpaired) electrons. The van der Waals surface area contributed by atoms with Crippen molar-refractivity contribution in [2.75, 3.05) is 0 Å². The molecule has 0 bridgehead atoms. The molecule has 0 aromatic heterocycles. The van der Waals surface area contributed by atoms with Gasteiger partial charge in [0.15, 0.2) is 54.2 Å². The second-order valence-electron chi connectivity index (χ2n) is 8.81. The van der Waals surface area contributed by atoms with Gasteiger partial charge in [-0.3, -0.25) is 0 Å². The zero-order chi connectivity index (χ0) is 23.3. The molecule has 0 spiro atoms. The van der Waals surface area contributed by atoms with Gasteiger partial charge in [0.25, 0.3) is 0 Å². The summed E-state index contributed by atoms with van der Waals surface area (Å²) in [5, 5.41) is 0. The molecule has 1 aliphatic rings. The van der Waals surface area contributed by atoms with E-state index in [-0.39, 0.29) is 0 Å². The third-order valence-electron chi connectivity index (χ3n) is 3.03. The van der Waals surface area contributed by atoms with E-state index in [1.165, 1.54) is 0 Å². The molecule has 0 saturated carbocycles. The van der Waals surface area contributed by atoms with Crippen molar-refractivity contribution in [3.63, 3.8) is 0 Å². The van der Waals surface area contributed by atoms with Crippen molar-refractivity contribution in [1.29, 1.82) is 0 Å². The standard InChI is InChI=1S/C12H42O9Si9/c1-22(2)13-28(14-23(3)4)19-29(15-24(5)6,16-25(7)8)21-30(20-28,17-26(9)10)18-27(11)12/h22-27H,1-12H3. The SMILES string of the molecule is C[SiH](C)O[Si]1(O[SiH](C)C)O[Si](O[SiH](C)C)(O[SiH](C)C)O[Si](O[SiH](C)C)(O[SiH](C)C)O1. The van der Waals surface area contributed by atoms with Crippen LogP contribution in [0.4, 0.5) is 0 Å². The van der Waals surface area contributed by atoms with Gasteiger partial charge in [-0.1, -0.05) is 0 Å². The Labute approximate surface area is 196 Å². The van der Waals surface area contributed by atoms with Crippen LogP contribution in [0.1, 0.15) is 0 Å². The molecule has 0 amide bonds. The van der Waals surface area contributed by atoms with Gasteiger partial charge in [0.2, 0.25) is 0 Å². The number of rotatable bonds is 12. The largest absolute Gasteiger partial charge is 0.646 e. The molecule has 0 aromatic rings. The highest BCUT2D eigenvalue weighted by Gasteiger charge is 2.74. The zero-order valence-electron chi connectivity index (χ0n) is 20.6. The van der Waals surface area contributed by atoms with E-state index in [0.29, 0.717) is 0 Å². The molecule has 30 heavy (non-hydrogen) atoms. The summed E-state index contributed by atoms with van der Waals surface area (Å²) in [5.41, 5.74) is 0. The van der Waals surface area contributed by atoms with Crippen LogP contribution in [0.3, 0.4) is 0 Å². The van der Waals surface area contributed by atoms with Gasteiger partial charge < -0.3 is 37.0 Å². The molecule has 1 saturated heterocycles. The van der Waals surface area contributed by atoms with E-state index in [1.54, 1.807) is 0 Å². The van der Waals surface area contributed by atoms with Crippen LogP contribution in [0, 0.1) is 0 Å². The summed E-state index contributed by atoms with van der Waals surface area (Å²) in [5.74, 6) is 0. The first kappa shape index (κ1) is 29.6. The van der Waals surface area contributed by atoms with Crippen LogP contribution in [0.15, 0.2) is 0 Å². The van der Waals surface area contributed by atoms with E-state index in [2.05, 4.69) is 78.6 Å². The Morgan fingerprint density at radius 3 is 0.567 bits per heavy atom. The fourth-order valence-corrected chi connectivity index (χ4v) is 31.5. The maximum Gasteiger partial charge on any atom is 0.646 e. The zero-order valence-corrected chi connectivity index (χ0v) is 30.6. The van der Waals surface area contributed by atoms with Crippen molar-refractivity contribution in [2.45, 2.75) is 78.6 Å². The predicted molar refractivity (Wildman–Crippen MR) is 140 cm³/mol. The molecule has 1 aliphatic heterocycles. The Balaban J connectivity index is 3.63. The normalized spacial score (nSPS) is 21.0. The van der Waals surface area contributed by atoms with Crippen LogP contribution in [-0.2, 0) is 37.0 Å². The molecule has 1 rings (SSSR count). The minimum absolute atomic E-state index is 1.61. The summed E-state index contributed by atoms with van der Waals surface area (Å²) in [6, 6.07) is 0. The molecule has 9 nitrogen and oxygen atoms in total. The molecular formula is C12H42O9Si9. The average molecular weight is 583 g/mol. The highest BCUT2D eigenvalue weighted by Crippen LogP contribution is 2.37. The van der Waals surface area contributed by atoms with E-state index in [9.17, 15) is 0 Å². The van der Waals surface area contributed by atoms with Crippen molar-refractivity contribution in [3.8, 4) is 0 Å². The molecular weight excluding hydrogens is 541 g/mol. The molecule has 1 heterocycles. The van der Waals surface area contributed by atoms with Gasteiger partial charge in [-0.05, 0) is 78.6 Å². The summed E-state index contributed by atoms with van der Waals surface area (Å²) in [4.78, 5) is 0. The molecule has 0 aliphatic carbocycles. The van der Waals surface area contributed by atoms with Crippen LogP contribution >= 0.6 is 0 Å². The first-order valence-corrected chi connectivity index (χ1v) is 32.4. The Kier molecular flexibility index (Phi) is 12.2. The van der Waals surface area contributed by atoms with Gasteiger partial charge in [-0.2, -0.15) is 0 Å². The van der Waals surface area contributed by atoms with Crippen LogP contribution < -0.4 is 0 Å². The van der Waals surface area contributed by atoms with Crippen molar-refractivity contribution >= 4 is 81.4 Å². The predicted octanol–water partition coefficient (Wildman–Crippen LogP) is 1.36. The second kappa shape index (κ2) is 12.3. The maximum absolute atomic E-state index is 6.51. The summed E-state index contributed by atoms with van der Waals surface area (Å²) in [6.45, 7) is 24.8. The third kappa shape index (κ3) is 9.84. The first-order valence-electron chi connectivity index (χ1n) is 10.8. The number of hydrogen-bond donors (Lipinski definition) is 0. The van der Waals surface area contributed by atoms with Gasteiger partial charge in [-0.15, -0.1) is 0 Å². The maximum atomic E-state index is 6.51.